The van der Waals surface area contributed by atoms with Gasteiger partial charge in [-0.3, -0.25) is 4.79 Å². The van der Waals surface area contributed by atoms with Crippen molar-refractivity contribution >= 4 is 11.7 Å². The van der Waals surface area contributed by atoms with E-state index in [0.717, 1.165) is 25.7 Å². The summed E-state index contributed by atoms with van der Waals surface area (Å²) >= 11 is 0. The third-order valence-electron chi connectivity index (χ3n) is 4.04. The summed E-state index contributed by atoms with van der Waals surface area (Å²) in [7, 11) is 0. The Kier molecular flexibility index (Phi) is 6.26. The minimum absolute atomic E-state index is 0.00809. The number of aliphatic hydroxyl groups excluding tert-OH is 1. The van der Waals surface area contributed by atoms with Crippen LogP contribution in [0.2, 0.25) is 0 Å². The Balaban J connectivity index is 3.04. The molecule has 0 bridgehead atoms. The van der Waals surface area contributed by atoms with Crippen molar-refractivity contribution in [3.8, 4) is 0 Å². The molecule has 20 heavy (non-hydrogen) atoms. The number of nitrogens with zero attached hydrogens (tertiary/aromatic N) is 2. The number of β-amino-alcohol motifs (C(OH)–C–C–N with tert-alkyl or cyclic N) is 1. The highest BCUT2D eigenvalue weighted by Gasteiger charge is 2.44. The van der Waals surface area contributed by atoms with E-state index in [2.05, 4.69) is 5.16 Å². The van der Waals surface area contributed by atoms with E-state index < -0.39 is 11.5 Å². The minimum atomic E-state index is -0.935. The third-order valence-corrected chi connectivity index (χ3v) is 4.04. The lowest BCUT2D eigenvalue weighted by molar-refractivity contribution is -0.142. The Hall–Kier alpha value is -1.30. The van der Waals surface area contributed by atoms with Gasteiger partial charge in [0, 0.05) is 13.1 Å². The summed E-state index contributed by atoms with van der Waals surface area (Å²) in [5.41, 5.74) is 4.92. The van der Waals surface area contributed by atoms with Crippen LogP contribution in [0.4, 0.5) is 0 Å². The van der Waals surface area contributed by atoms with Gasteiger partial charge in [0.1, 0.15) is 5.41 Å². The number of hydrogen-bond acceptors (Lipinski definition) is 4. The van der Waals surface area contributed by atoms with Crippen molar-refractivity contribution in [3.63, 3.8) is 0 Å². The molecule has 6 heteroatoms. The number of nitrogens with two attached hydrogens (primary N) is 1. The molecule has 6 nitrogen and oxygen atoms in total. The number of oxime groups is 1. The van der Waals surface area contributed by atoms with Gasteiger partial charge in [-0.05, 0) is 25.7 Å². The van der Waals surface area contributed by atoms with Gasteiger partial charge in [-0.2, -0.15) is 0 Å². The quantitative estimate of drug-likeness (QED) is 0.296. The largest absolute Gasteiger partial charge is 0.409 e. The average Bonchev–Trinajstić information content (AvgIpc) is 2.45. The molecule has 1 saturated heterocycles. The number of rotatable bonds is 6. The summed E-state index contributed by atoms with van der Waals surface area (Å²) < 4.78 is 0. The van der Waals surface area contributed by atoms with Crippen molar-refractivity contribution in [1.82, 2.24) is 4.90 Å². The van der Waals surface area contributed by atoms with Crippen LogP contribution in [0.15, 0.2) is 5.16 Å². The molecule has 1 unspecified atom stereocenters. The SMILES string of the molecule is CCCC(CCC)(C(=O)N1CCCC(O)C1)C(N)=NO. The molecule has 1 aliphatic rings. The van der Waals surface area contributed by atoms with E-state index in [9.17, 15) is 9.90 Å². The Morgan fingerprint density at radius 3 is 2.45 bits per heavy atom. The topological polar surface area (TPSA) is 99.2 Å². The zero-order chi connectivity index (χ0) is 15.2. The minimum Gasteiger partial charge on any atom is -0.409 e. The van der Waals surface area contributed by atoms with Crippen LogP contribution in [0.5, 0.6) is 0 Å². The first-order chi connectivity index (χ1) is 9.51. The predicted octanol–water partition coefficient (Wildman–Crippen LogP) is 1.30. The second kappa shape index (κ2) is 7.47. The Bertz CT molecular complexity index is 352. The van der Waals surface area contributed by atoms with Crippen LogP contribution in [0.25, 0.3) is 0 Å². The Morgan fingerprint density at radius 1 is 1.40 bits per heavy atom. The fourth-order valence-electron chi connectivity index (χ4n) is 3.10. The van der Waals surface area contributed by atoms with Gasteiger partial charge in [0.2, 0.25) is 5.91 Å². The second-order valence-corrected chi connectivity index (χ2v) is 5.61. The molecule has 0 radical (unpaired) electrons. The molecular formula is C14H27N3O3. The van der Waals surface area contributed by atoms with Crippen LogP contribution < -0.4 is 5.73 Å². The van der Waals surface area contributed by atoms with Gasteiger partial charge in [0.05, 0.1) is 6.10 Å². The monoisotopic (exact) mass is 285 g/mol. The molecule has 1 rings (SSSR count). The van der Waals surface area contributed by atoms with Crippen molar-refractivity contribution in [3.05, 3.63) is 0 Å². The van der Waals surface area contributed by atoms with Crippen molar-refractivity contribution in [2.24, 2.45) is 16.3 Å². The molecule has 0 aliphatic carbocycles. The third kappa shape index (κ3) is 3.42. The number of amides is 1. The van der Waals surface area contributed by atoms with Gasteiger partial charge in [-0.25, -0.2) is 0 Å². The molecule has 0 saturated carbocycles. The lowest BCUT2D eigenvalue weighted by Gasteiger charge is -2.39. The van der Waals surface area contributed by atoms with Crippen LogP contribution in [-0.4, -0.2) is 46.1 Å². The van der Waals surface area contributed by atoms with E-state index in [0.29, 0.717) is 25.9 Å². The van der Waals surface area contributed by atoms with Gasteiger partial charge in [0.25, 0.3) is 0 Å². The van der Waals surface area contributed by atoms with Gasteiger partial charge in [0.15, 0.2) is 5.84 Å². The van der Waals surface area contributed by atoms with E-state index in [1.807, 2.05) is 13.8 Å². The Morgan fingerprint density at radius 2 is 2.00 bits per heavy atom. The number of amidine groups is 1. The van der Waals surface area contributed by atoms with E-state index in [-0.39, 0.29) is 11.7 Å². The van der Waals surface area contributed by atoms with Crippen LogP contribution >= 0.6 is 0 Å². The van der Waals surface area contributed by atoms with Crippen LogP contribution in [0, 0.1) is 5.41 Å². The first-order valence-corrected chi connectivity index (χ1v) is 7.47. The smallest absolute Gasteiger partial charge is 0.236 e. The van der Waals surface area contributed by atoms with Gasteiger partial charge < -0.3 is 20.9 Å². The number of carbonyl (C=O) groups is 1. The number of hydrogen-bond donors (Lipinski definition) is 3. The zero-order valence-electron chi connectivity index (χ0n) is 12.5. The highest BCUT2D eigenvalue weighted by Crippen LogP contribution is 2.33. The first-order valence-electron chi connectivity index (χ1n) is 7.47. The number of carbonyl (C=O) groups excluding carboxylic acids is 1. The summed E-state index contributed by atoms with van der Waals surface area (Å²) in [5, 5.41) is 21.9. The molecule has 0 aromatic heterocycles. The average molecular weight is 285 g/mol. The molecule has 0 spiro atoms. The standard InChI is InChI=1S/C14H27N3O3/c1-3-7-14(8-4-2,12(15)16-20)13(19)17-9-5-6-11(18)10-17/h11,18,20H,3-10H2,1-2H3,(H2,15,16). The summed E-state index contributed by atoms with van der Waals surface area (Å²) in [6, 6.07) is 0. The fraction of sp³-hybridized carbons (Fsp3) is 0.857. The van der Waals surface area contributed by atoms with Crippen LogP contribution in [0.1, 0.15) is 52.4 Å². The van der Waals surface area contributed by atoms with Crippen molar-refractivity contribution in [2.45, 2.75) is 58.5 Å². The highest BCUT2D eigenvalue weighted by atomic mass is 16.4. The lowest BCUT2D eigenvalue weighted by Crippen LogP contribution is -2.54. The van der Waals surface area contributed by atoms with Crippen molar-refractivity contribution in [2.75, 3.05) is 13.1 Å². The maximum Gasteiger partial charge on any atom is 0.236 e. The predicted molar refractivity (Wildman–Crippen MR) is 77.5 cm³/mol. The molecule has 1 heterocycles. The molecule has 116 valence electrons. The summed E-state index contributed by atoms with van der Waals surface area (Å²) in [6.07, 6.45) is 3.71. The number of piperidine rings is 1. The maximum atomic E-state index is 12.9. The molecule has 1 amide bonds. The number of likely N-dealkylation sites (tertiary alicyclic amines) is 1. The van der Waals surface area contributed by atoms with E-state index in [4.69, 9.17) is 10.9 Å². The molecule has 1 atom stereocenters. The van der Waals surface area contributed by atoms with Gasteiger partial charge >= 0.3 is 0 Å². The van der Waals surface area contributed by atoms with E-state index in [1.165, 1.54) is 0 Å². The Labute approximate surface area is 120 Å². The highest BCUT2D eigenvalue weighted by molar-refractivity contribution is 6.06. The van der Waals surface area contributed by atoms with E-state index >= 15 is 0 Å². The zero-order valence-corrected chi connectivity index (χ0v) is 12.5. The first kappa shape index (κ1) is 16.8. The molecule has 0 aromatic carbocycles. The second-order valence-electron chi connectivity index (χ2n) is 5.61. The van der Waals surface area contributed by atoms with Gasteiger partial charge in [-0.1, -0.05) is 31.8 Å². The number of aliphatic hydroxyl groups is 1. The molecular weight excluding hydrogens is 258 g/mol. The van der Waals surface area contributed by atoms with Gasteiger partial charge in [-0.15, -0.1) is 0 Å². The molecule has 4 N–H and O–H groups in total. The molecule has 0 aromatic rings. The van der Waals surface area contributed by atoms with Crippen molar-refractivity contribution < 1.29 is 15.1 Å². The lowest BCUT2D eigenvalue weighted by atomic mass is 9.76. The fourth-order valence-corrected chi connectivity index (χ4v) is 3.10. The van der Waals surface area contributed by atoms with Crippen molar-refractivity contribution in [1.29, 1.82) is 0 Å². The normalized spacial score (nSPS) is 21.1. The summed E-state index contributed by atoms with van der Waals surface area (Å²) in [5.74, 6) is -0.124. The maximum absolute atomic E-state index is 12.9. The van der Waals surface area contributed by atoms with Crippen LogP contribution in [0.3, 0.4) is 0 Å². The molecule has 1 aliphatic heterocycles. The summed E-state index contributed by atoms with van der Waals surface area (Å²) in [4.78, 5) is 14.6. The summed E-state index contributed by atoms with van der Waals surface area (Å²) in [6.45, 7) is 4.93. The molecule has 1 fully saturated rings. The van der Waals surface area contributed by atoms with E-state index in [1.54, 1.807) is 4.90 Å². The van der Waals surface area contributed by atoms with Crippen LogP contribution in [-0.2, 0) is 4.79 Å².